The molecule has 0 heterocycles. The zero-order chi connectivity index (χ0) is 15.7. The molecule has 2 amide bonds. The summed E-state index contributed by atoms with van der Waals surface area (Å²) in [5.74, 6) is -1.15. The summed E-state index contributed by atoms with van der Waals surface area (Å²) in [5.41, 5.74) is 0. The Morgan fingerprint density at radius 3 is 2.20 bits per heavy atom. The van der Waals surface area contributed by atoms with Gasteiger partial charge >= 0.3 is 12.0 Å². The van der Waals surface area contributed by atoms with Gasteiger partial charge in [-0.15, -0.1) is 0 Å². The molecule has 0 aromatic heterocycles. The third-order valence-corrected chi connectivity index (χ3v) is 3.32. The number of carboxylic acid groups (broad SMARTS) is 1. The minimum absolute atomic E-state index is 0.141. The van der Waals surface area contributed by atoms with Gasteiger partial charge in [0, 0.05) is 12.6 Å². The molecule has 0 rings (SSSR count). The Labute approximate surface area is 121 Å². The maximum Gasteiger partial charge on any atom is 0.326 e. The van der Waals surface area contributed by atoms with Crippen LogP contribution in [0, 0.1) is 5.92 Å². The van der Waals surface area contributed by atoms with Crippen LogP contribution in [0.5, 0.6) is 0 Å². The maximum atomic E-state index is 11.6. The van der Waals surface area contributed by atoms with E-state index in [-0.39, 0.29) is 5.92 Å². The van der Waals surface area contributed by atoms with Crippen molar-refractivity contribution < 1.29 is 14.7 Å². The Bertz CT molecular complexity index is 306. The molecular weight excluding hydrogens is 258 g/mol. The molecule has 0 radical (unpaired) electrons. The summed E-state index contributed by atoms with van der Waals surface area (Å²) in [5, 5.41) is 14.1. The molecule has 0 saturated heterocycles. The van der Waals surface area contributed by atoms with Crippen molar-refractivity contribution in [3.63, 3.8) is 0 Å². The Morgan fingerprint density at radius 2 is 1.75 bits per heavy atom. The third kappa shape index (κ3) is 7.99. The monoisotopic (exact) mass is 287 g/mol. The normalized spacial score (nSPS) is 12.8. The second-order valence-corrected chi connectivity index (χ2v) is 5.74. The largest absolute Gasteiger partial charge is 0.480 e. The minimum atomic E-state index is -1.01. The topological polar surface area (TPSA) is 81.7 Å². The molecule has 20 heavy (non-hydrogen) atoms. The molecule has 0 aliphatic heterocycles. The number of rotatable bonds is 9. The summed E-state index contributed by atoms with van der Waals surface area (Å²) in [6.45, 7) is 9.36. The number of carbonyl (C=O) groups is 2. The molecule has 1 atom stereocenters. The van der Waals surface area contributed by atoms with Gasteiger partial charge in [-0.1, -0.05) is 13.8 Å². The van der Waals surface area contributed by atoms with Gasteiger partial charge in [-0.25, -0.2) is 9.59 Å². The van der Waals surface area contributed by atoms with Crippen LogP contribution in [-0.4, -0.2) is 54.2 Å². The molecule has 0 aromatic carbocycles. The lowest BCUT2D eigenvalue weighted by atomic mass is 10.1. The Hall–Kier alpha value is -1.30. The smallest absolute Gasteiger partial charge is 0.326 e. The molecule has 0 fully saturated rings. The van der Waals surface area contributed by atoms with Crippen LogP contribution >= 0.6 is 0 Å². The first kappa shape index (κ1) is 18.7. The fourth-order valence-corrected chi connectivity index (χ4v) is 1.65. The molecule has 0 aromatic rings. The molecule has 3 N–H and O–H groups in total. The van der Waals surface area contributed by atoms with Crippen LogP contribution in [0.15, 0.2) is 0 Å². The van der Waals surface area contributed by atoms with E-state index in [1.165, 1.54) is 0 Å². The highest BCUT2D eigenvalue weighted by Crippen LogP contribution is 2.01. The van der Waals surface area contributed by atoms with Crippen LogP contribution in [-0.2, 0) is 4.79 Å². The van der Waals surface area contributed by atoms with E-state index in [0.29, 0.717) is 12.6 Å². The molecule has 6 heteroatoms. The first-order valence-electron chi connectivity index (χ1n) is 7.23. The highest BCUT2D eigenvalue weighted by atomic mass is 16.4. The van der Waals surface area contributed by atoms with Crippen molar-refractivity contribution in [1.29, 1.82) is 0 Å². The SMILES string of the molecule is CC(C)[C@@H](NC(=O)NCCCCN(C)C(C)C)C(=O)O. The van der Waals surface area contributed by atoms with Crippen molar-refractivity contribution in [2.45, 2.75) is 52.6 Å². The number of hydrogen-bond acceptors (Lipinski definition) is 3. The number of carboxylic acids is 1. The summed E-state index contributed by atoms with van der Waals surface area (Å²) in [6.07, 6.45) is 1.88. The summed E-state index contributed by atoms with van der Waals surface area (Å²) < 4.78 is 0. The van der Waals surface area contributed by atoms with Gasteiger partial charge < -0.3 is 20.6 Å². The average Bonchev–Trinajstić information content (AvgIpc) is 2.34. The molecule has 0 saturated carbocycles. The van der Waals surface area contributed by atoms with Gasteiger partial charge in [0.2, 0.25) is 0 Å². The van der Waals surface area contributed by atoms with Crippen molar-refractivity contribution in [3.8, 4) is 0 Å². The first-order valence-corrected chi connectivity index (χ1v) is 7.23. The lowest BCUT2D eigenvalue weighted by molar-refractivity contribution is -0.140. The van der Waals surface area contributed by atoms with E-state index in [9.17, 15) is 9.59 Å². The van der Waals surface area contributed by atoms with E-state index in [1.54, 1.807) is 13.8 Å². The van der Waals surface area contributed by atoms with Gasteiger partial charge in [0.1, 0.15) is 6.04 Å². The Morgan fingerprint density at radius 1 is 1.15 bits per heavy atom. The first-order chi connectivity index (χ1) is 9.25. The van der Waals surface area contributed by atoms with Crippen molar-refractivity contribution in [1.82, 2.24) is 15.5 Å². The zero-order valence-corrected chi connectivity index (χ0v) is 13.3. The zero-order valence-electron chi connectivity index (χ0n) is 13.3. The number of amides is 2. The predicted octanol–water partition coefficient (Wildman–Crippen LogP) is 1.52. The number of nitrogens with one attached hydrogen (secondary N) is 2. The predicted molar refractivity (Wildman–Crippen MR) is 79.8 cm³/mol. The van der Waals surface area contributed by atoms with Gasteiger partial charge in [0.15, 0.2) is 0 Å². The van der Waals surface area contributed by atoms with Crippen LogP contribution < -0.4 is 10.6 Å². The van der Waals surface area contributed by atoms with E-state index in [1.807, 2.05) is 0 Å². The van der Waals surface area contributed by atoms with Gasteiger partial charge in [0.25, 0.3) is 0 Å². The molecular formula is C14H29N3O3. The van der Waals surface area contributed by atoms with Crippen molar-refractivity contribution in [2.75, 3.05) is 20.1 Å². The van der Waals surface area contributed by atoms with Crippen LogP contribution in [0.4, 0.5) is 4.79 Å². The van der Waals surface area contributed by atoms with Gasteiger partial charge in [-0.3, -0.25) is 0 Å². The van der Waals surface area contributed by atoms with Crippen LogP contribution in [0.2, 0.25) is 0 Å². The maximum absolute atomic E-state index is 11.6. The fourth-order valence-electron chi connectivity index (χ4n) is 1.65. The summed E-state index contributed by atoms with van der Waals surface area (Å²) in [4.78, 5) is 24.8. The number of urea groups is 1. The van der Waals surface area contributed by atoms with E-state index in [4.69, 9.17) is 5.11 Å². The number of unbranched alkanes of at least 4 members (excludes halogenated alkanes) is 1. The van der Waals surface area contributed by atoms with E-state index < -0.39 is 18.0 Å². The summed E-state index contributed by atoms with van der Waals surface area (Å²) >= 11 is 0. The number of hydrogen-bond donors (Lipinski definition) is 3. The van der Waals surface area contributed by atoms with Crippen LogP contribution in [0.3, 0.4) is 0 Å². The molecule has 0 aliphatic carbocycles. The molecule has 0 spiro atoms. The second-order valence-electron chi connectivity index (χ2n) is 5.74. The number of nitrogens with zero attached hydrogens (tertiary/aromatic N) is 1. The van der Waals surface area contributed by atoms with Gasteiger partial charge in [-0.2, -0.15) is 0 Å². The van der Waals surface area contributed by atoms with Crippen molar-refractivity contribution >= 4 is 12.0 Å². The fraction of sp³-hybridized carbons (Fsp3) is 0.857. The standard InChI is InChI=1S/C14H29N3O3/c1-10(2)12(13(18)19)16-14(20)15-8-6-7-9-17(5)11(3)4/h10-12H,6-9H2,1-5H3,(H,18,19)(H2,15,16,20)/t12-/m1/s1. The third-order valence-electron chi connectivity index (χ3n) is 3.32. The molecule has 118 valence electrons. The second kappa shape index (κ2) is 9.58. The highest BCUT2D eigenvalue weighted by molar-refractivity contribution is 5.82. The lowest BCUT2D eigenvalue weighted by Crippen LogP contribution is -2.48. The Kier molecular flexibility index (Phi) is 8.96. The van der Waals surface area contributed by atoms with Crippen LogP contribution in [0.1, 0.15) is 40.5 Å². The molecule has 0 unspecified atom stereocenters. The molecule has 0 aliphatic rings. The summed E-state index contributed by atoms with van der Waals surface area (Å²) in [7, 11) is 2.07. The quantitative estimate of drug-likeness (QED) is 0.562. The van der Waals surface area contributed by atoms with Crippen molar-refractivity contribution in [2.24, 2.45) is 5.92 Å². The lowest BCUT2D eigenvalue weighted by Gasteiger charge is -2.21. The van der Waals surface area contributed by atoms with E-state index in [2.05, 4.69) is 36.4 Å². The van der Waals surface area contributed by atoms with Crippen LogP contribution in [0.25, 0.3) is 0 Å². The average molecular weight is 287 g/mol. The van der Waals surface area contributed by atoms with E-state index in [0.717, 1.165) is 19.4 Å². The summed E-state index contributed by atoms with van der Waals surface area (Å²) in [6, 6.07) is -0.737. The highest BCUT2D eigenvalue weighted by Gasteiger charge is 2.22. The molecule has 0 bridgehead atoms. The number of carbonyl (C=O) groups excluding carboxylic acids is 1. The van der Waals surface area contributed by atoms with Crippen molar-refractivity contribution in [3.05, 3.63) is 0 Å². The molecule has 6 nitrogen and oxygen atoms in total. The van der Waals surface area contributed by atoms with E-state index >= 15 is 0 Å². The van der Waals surface area contributed by atoms with Gasteiger partial charge in [0.05, 0.1) is 0 Å². The minimum Gasteiger partial charge on any atom is -0.480 e. The Balaban J connectivity index is 3.81. The number of aliphatic carboxylic acids is 1. The van der Waals surface area contributed by atoms with Gasteiger partial charge in [-0.05, 0) is 46.2 Å².